The number of carbonyl (C=O) groups excluding carboxylic acids is 3. The van der Waals surface area contributed by atoms with E-state index in [0.717, 1.165) is 0 Å². The summed E-state index contributed by atoms with van der Waals surface area (Å²) in [5, 5.41) is 11.5. The fourth-order valence-electron chi connectivity index (χ4n) is 2.91. The Kier molecular flexibility index (Phi) is 6.52. The topological polar surface area (TPSA) is 99.5 Å². The minimum atomic E-state index is -0.849. The van der Waals surface area contributed by atoms with Crippen molar-refractivity contribution in [1.82, 2.24) is 10.2 Å². The first-order valence-electron chi connectivity index (χ1n) is 8.19. The van der Waals surface area contributed by atoms with E-state index in [-0.39, 0.29) is 24.7 Å². The third-order valence-electron chi connectivity index (χ3n) is 4.19. The Balaban J connectivity index is 2.13. The lowest BCUT2D eigenvalue weighted by molar-refractivity contribution is -0.151. The summed E-state index contributed by atoms with van der Waals surface area (Å²) in [5.41, 5.74) is 0.434. The molecule has 1 N–H and O–H groups in total. The zero-order valence-corrected chi connectivity index (χ0v) is 14.1. The number of methoxy groups -OCH3 is 1. The van der Waals surface area contributed by atoms with Crippen LogP contribution in [-0.4, -0.2) is 48.4 Å². The number of ether oxygens (including phenoxy) is 1. The van der Waals surface area contributed by atoms with E-state index in [1.54, 1.807) is 30.3 Å². The maximum Gasteiger partial charge on any atom is 0.328 e. The van der Waals surface area contributed by atoms with E-state index in [2.05, 4.69) is 5.32 Å². The summed E-state index contributed by atoms with van der Waals surface area (Å²) in [6, 6.07) is 9.06. The van der Waals surface area contributed by atoms with Crippen LogP contribution in [0.5, 0.6) is 0 Å². The fourth-order valence-corrected chi connectivity index (χ4v) is 2.91. The van der Waals surface area contributed by atoms with E-state index in [1.165, 1.54) is 12.0 Å². The van der Waals surface area contributed by atoms with Gasteiger partial charge in [0.2, 0.25) is 5.91 Å². The Morgan fingerprint density at radius 1 is 1.36 bits per heavy atom. The quantitative estimate of drug-likeness (QED) is 0.784. The zero-order chi connectivity index (χ0) is 18.2. The van der Waals surface area contributed by atoms with Gasteiger partial charge in [0.15, 0.2) is 0 Å². The number of nitrogens with zero attached hydrogens (tertiary/aromatic N) is 2. The minimum absolute atomic E-state index is 0.127. The third kappa shape index (κ3) is 4.57. The molecule has 2 rings (SSSR count). The molecule has 0 saturated carbocycles. The summed E-state index contributed by atoms with van der Waals surface area (Å²) in [6.07, 6.45) is 1.56. The van der Waals surface area contributed by atoms with Gasteiger partial charge in [-0.1, -0.05) is 18.2 Å². The average molecular weight is 343 g/mol. The number of benzene rings is 1. The SMILES string of the molecule is COC(=O)[C@@H]1CCCN1C(=O)C(CCC#N)NC(=O)c1ccccc1. The second-order valence-electron chi connectivity index (χ2n) is 5.80. The molecule has 7 heteroatoms. The Bertz CT molecular complexity index is 669. The molecule has 25 heavy (non-hydrogen) atoms. The predicted molar refractivity (Wildman–Crippen MR) is 89.3 cm³/mol. The maximum atomic E-state index is 12.8. The number of carbonyl (C=O) groups is 3. The third-order valence-corrected chi connectivity index (χ3v) is 4.19. The lowest BCUT2D eigenvalue weighted by atomic mass is 10.1. The van der Waals surface area contributed by atoms with Gasteiger partial charge in [-0.15, -0.1) is 0 Å². The lowest BCUT2D eigenvalue weighted by Gasteiger charge is -2.27. The van der Waals surface area contributed by atoms with Gasteiger partial charge in [-0.25, -0.2) is 4.79 Å². The van der Waals surface area contributed by atoms with Crippen LogP contribution < -0.4 is 5.32 Å². The summed E-state index contributed by atoms with van der Waals surface area (Å²) >= 11 is 0. The van der Waals surface area contributed by atoms with Crippen LogP contribution in [0.2, 0.25) is 0 Å². The standard InChI is InChI=1S/C18H21N3O4/c1-25-18(24)15-10-6-12-21(15)17(23)14(9-5-11-19)20-16(22)13-7-3-2-4-8-13/h2-4,7-8,14-15H,5-6,9-10,12H2,1H3,(H,20,22)/t14?,15-/m0/s1. The Hall–Kier alpha value is -2.88. The highest BCUT2D eigenvalue weighted by Crippen LogP contribution is 2.20. The van der Waals surface area contributed by atoms with E-state index in [9.17, 15) is 14.4 Å². The summed E-state index contributed by atoms with van der Waals surface area (Å²) in [7, 11) is 1.29. The molecule has 132 valence electrons. The molecule has 1 aliphatic rings. The highest BCUT2D eigenvalue weighted by molar-refractivity contribution is 5.98. The molecule has 1 saturated heterocycles. The average Bonchev–Trinajstić information content (AvgIpc) is 3.14. The van der Waals surface area contributed by atoms with Crippen molar-refractivity contribution in [3.8, 4) is 6.07 Å². The van der Waals surface area contributed by atoms with Crippen molar-refractivity contribution in [2.24, 2.45) is 0 Å². The second kappa shape index (κ2) is 8.83. The van der Waals surface area contributed by atoms with Crippen LogP contribution in [0.25, 0.3) is 0 Å². The molecule has 0 spiro atoms. The zero-order valence-electron chi connectivity index (χ0n) is 14.1. The first-order chi connectivity index (χ1) is 12.1. The number of likely N-dealkylation sites (tertiary alicyclic amines) is 1. The summed E-state index contributed by atoms with van der Waals surface area (Å²) in [6.45, 7) is 0.433. The molecule has 0 aliphatic carbocycles. The number of amides is 2. The van der Waals surface area contributed by atoms with Crippen molar-refractivity contribution in [3.63, 3.8) is 0 Å². The fraction of sp³-hybridized carbons (Fsp3) is 0.444. The summed E-state index contributed by atoms with van der Waals surface area (Å²) in [4.78, 5) is 38.5. The maximum absolute atomic E-state index is 12.8. The molecule has 1 aromatic rings. The Morgan fingerprint density at radius 3 is 2.72 bits per heavy atom. The molecule has 7 nitrogen and oxygen atoms in total. The van der Waals surface area contributed by atoms with E-state index in [0.29, 0.717) is 24.9 Å². The van der Waals surface area contributed by atoms with Crippen LogP contribution in [0.1, 0.15) is 36.0 Å². The number of nitrogens with one attached hydrogen (secondary N) is 1. The Labute approximate surface area is 146 Å². The highest BCUT2D eigenvalue weighted by Gasteiger charge is 2.38. The van der Waals surface area contributed by atoms with E-state index >= 15 is 0 Å². The number of rotatable bonds is 6. The van der Waals surface area contributed by atoms with Gasteiger partial charge < -0.3 is 15.0 Å². The second-order valence-corrected chi connectivity index (χ2v) is 5.80. The van der Waals surface area contributed by atoms with E-state index in [4.69, 9.17) is 10.00 Å². The molecule has 2 atom stereocenters. The largest absolute Gasteiger partial charge is 0.467 e. The molecule has 2 amide bonds. The van der Waals surface area contributed by atoms with Crippen molar-refractivity contribution >= 4 is 17.8 Å². The van der Waals surface area contributed by atoms with Gasteiger partial charge in [-0.05, 0) is 31.4 Å². The van der Waals surface area contributed by atoms with Gasteiger partial charge in [-0.3, -0.25) is 9.59 Å². The molecule has 0 aromatic heterocycles. The van der Waals surface area contributed by atoms with E-state index < -0.39 is 18.1 Å². The van der Waals surface area contributed by atoms with Crippen LogP contribution in [0.4, 0.5) is 0 Å². The molecule has 1 fully saturated rings. The molecule has 0 bridgehead atoms. The molecule has 1 aliphatic heterocycles. The van der Waals surface area contributed by atoms with Crippen molar-refractivity contribution in [1.29, 1.82) is 5.26 Å². The van der Waals surface area contributed by atoms with Gasteiger partial charge in [0.25, 0.3) is 5.91 Å². The number of hydrogen-bond acceptors (Lipinski definition) is 5. The van der Waals surface area contributed by atoms with Crippen LogP contribution in [0.15, 0.2) is 30.3 Å². The van der Waals surface area contributed by atoms with Gasteiger partial charge >= 0.3 is 5.97 Å². The van der Waals surface area contributed by atoms with Gasteiger partial charge in [0, 0.05) is 18.5 Å². The first-order valence-corrected chi connectivity index (χ1v) is 8.19. The molecule has 0 radical (unpaired) electrons. The van der Waals surface area contributed by atoms with Crippen LogP contribution in [0.3, 0.4) is 0 Å². The van der Waals surface area contributed by atoms with Gasteiger partial charge in [-0.2, -0.15) is 5.26 Å². The molecule has 1 unspecified atom stereocenters. The van der Waals surface area contributed by atoms with Crippen LogP contribution in [0, 0.1) is 11.3 Å². The molecular formula is C18H21N3O4. The molecule has 1 heterocycles. The highest BCUT2D eigenvalue weighted by atomic mass is 16.5. The number of nitriles is 1. The normalized spacial score (nSPS) is 17.4. The van der Waals surface area contributed by atoms with Crippen molar-refractivity contribution in [2.45, 2.75) is 37.8 Å². The molecular weight excluding hydrogens is 322 g/mol. The van der Waals surface area contributed by atoms with E-state index in [1.807, 2.05) is 6.07 Å². The lowest BCUT2D eigenvalue weighted by Crippen LogP contribution is -2.51. The predicted octanol–water partition coefficient (Wildman–Crippen LogP) is 1.25. The number of esters is 1. The van der Waals surface area contributed by atoms with Crippen LogP contribution in [-0.2, 0) is 14.3 Å². The first kappa shape index (κ1) is 18.5. The van der Waals surface area contributed by atoms with Crippen molar-refractivity contribution in [2.75, 3.05) is 13.7 Å². The monoisotopic (exact) mass is 343 g/mol. The van der Waals surface area contributed by atoms with Gasteiger partial charge in [0.05, 0.1) is 13.2 Å². The smallest absolute Gasteiger partial charge is 0.328 e. The summed E-state index contributed by atoms with van der Waals surface area (Å²) < 4.78 is 4.75. The Morgan fingerprint density at radius 2 is 2.08 bits per heavy atom. The number of hydrogen-bond donors (Lipinski definition) is 1. The molecule has 1 aromatic carbocycles. The van der Waals surface area contributed by atoms with Crippen LogP contribution >= 0.6 is 0 Å². The minimum Gasteiger partial charge on any atom is -0.467 e. The van der Waals surface area contributed by atoms with Crippen molar-refractivity contribution in [3.05, 3.63) is 35.9 Å². The van der Waals surface area contributed by atoms with Crippen molar-refractivity contribution < 1.29 is 19.1 Å². The summed E-state index contributed by atoms with van der Waals surface area (Å²) in [5.74, 6) is -1.20. The van der Waals surface area contributed by atoms with Gasteiger partial charge in [0.1, 0.15) is 12.1 Å².